The third kappa shape index (κ3) is 15.8. The van der Waals surface area contributed by atoms with E-state index in [0.717, 1.165) is 24.1 Å². The van der Waals surface area contributed by atoms with Gasteiger partial charge in [0.15, 0.2) is 0 Å². The van der Waals surface area contributed by atoms with E-state index in [-0.39, 0.29) is 16.8 Å². The van der Waals surface area contributed by atoms with Crippen molar-refractivity contribution in [1.29, 1.82) is 0 Å². The normalized spacial score (nSPS) is 11.4. The summed E-state index contributed by atoms with van der Waals surface area (Å²) in [5.41, 5.74) is 8.82. The van der Waals surface area contributed by atoms with Gasteiger partial charge in [-0.1, -0.05) is 57.2 Å². The summed E-state index contributed by atoms with van der Waals surface area (Å²) in [5, 5.41) is 6.67. The van der Waals surface area contributed by atoms with Gasteiger partial charge in [0, 0.05) is 33.9 Å². The Kier molecular flexibility index (Phi) is 14.7. The van der Waals surface area contributed by atoms with Crippen molar-refractivity contribution in [1.82, 2.24) is 0 Å². The van der Waals surface area contributed by atoms with Gasteiger partial charge in [0.05, 0.1) is 10.7 Å². The molecular formula is C35H45Cl3F3N3. The molecule has 44 heavy (non-hydrogen) atoms. The highest BCUT2D eigenvalue weighted by Crippen LogP contribution is 2.30. The molecule has 0 aliphatic carbocycles. The van der Waals surface area contributed by atoms with Crippen LogP contribution in [-0.4, -0.2) is 4.33 Å². The van der Waals surface area contributed by atoms with Gasteiger partial charge < -0.3 is 16.4 Å². The number of rotatable bonds is 8. The van der Waals surface area contributed by atoms with Crippen molar-refractivity contribution in [3.63, 3.8) is 0 Å². The largest absolute Gasteiger partial charge is 0.399 e. The molecule has 0 saturated heterocycles. The molecule has 0 aliphatic heterocycles. The summed E-state index contributed by atoms with van der Waals surface area (Å²) in [4.78, 5) is 0. The Labute approximate surface area is 276 Å². The number of nitrogens with one attached hydrogen (secondary N) is 2. The van der Waals surface area contributed by atoms with Gasteiger partial charge in [-0.05, 0) is 101 Å². The Bertz CT molecular complexity index is 1410. The number of nitrogen functional groups attached to an aromatic ring is 1. The highest BCUT2D eigenvalue weighted by molar-refractivity contribution is 6.47. The maximum Gasteiger partial charge on any atom is 0.134 e. The minimum atomic E-state index is -1.60. The summed E-state index contributed by atoms with van der Waals surface area (Å²) in [5.74, 6) is -0.866. The fourth-order valence-corrected chi connectivity index (χ4v) is 3.76. The molecule has 0 saturated carbocycles. The molecule has 0 heterocycles. The van der Waals surface area contributed by atoms with Crippen LogP contribution in [-0.2, 0) is 5.67 Å². The van der Waals surface area contributed by atoms with Crippen molar-refractivity contribution in [2.24, 2.45) is 5.41 Å². The second-order valence-corrected chi connectivity index (χ2v) is 15.1. The van der Waals surface area contributed by atoms with Gasteiger partial charge in [-0.3, -0.25) is 0 Å². The smallest absolute Gasteiger partial charge is 0.134 e. The summed E-state index contributed by atoms with van der Waals surface area (Å²) in [6.45, 7) is 22.4. The maximum atomic E-state index is 14.6. The third-order valence-corrected chi connectivity index (χ3v) is 6.16. The number of allylic oxidation sites excluding steroid dienone is 1. The van der Waals surface area contributed by atoms with Crippen molar-refractivity contribution in [3.8, 4) is 0 Å². The van der Waals surface area contributed by atoms with Crippen molar-refractivity contribution in [2.45, 2.75) is 78.2 Å². The van der Waals surface area contributed by atoms with Crippen LogP contribution in [0.15, 0.2) is 73.5 Å². The van der Waals surface area contributed by atoms with Crippen molar-refractivity contribution >= 4 is 57.6 Å². The number of halogens is 6. The average molecular weight is 671 g/mol. The molecule has 0 atom stereocenters. The zero-order valence-corrected chi connectivity index (χ0v) is 29.1. The standard InChI is InChI=1S/C22H27ClFN3.C10H12F2.C3H6Cl2/c1-14(10-11-22(3,4)5)26-17-7-8-18(20(24)13-17)15(2)27-21-12-16(25)6-9-19(21)23;1-7-4-5-9(11)8(6-7)10(2,3)12;1-3(2,4)5/h6-9,12-13,26-27H,1-2,10-11,25H2,3-5H3;4-6H,1-3H3;1-2H3. The van der Waals surface area contributed by atoms with Crippen LogP contribution in [0.5, 0.6) is 0 Å². The predicted molar refractivity (Wildman–Crippen MR) is 187 cm³/mol. The zero-order chi connectivity index (χ0) is 34.0. The lowest BCUT2D eigenvalue weighted by Crippen LogP contribution is -2.11. The number of benzene rings is 3. The molecule has 9 heteroatoms. The fraction of sp³-hybridized carbons (Fsp3) is 0.371. The maximum absolute atomic E-state index is 14.6. The van der Waals surface area contributed by atoms with E-state index in [2.05, 4.69) is 44.6 Å². The second-order valence-electron chi connectivity index (χ2n) is 12.6. The minimum Gasteiger partial charge on any atom is -0.399 e. The molecule has 3 nitrogen and oxygen atoms in total. The first kappa shape index (κ1) is 39.2. The van der Waals surface area contributed by atoms with Crippen LogP contribution in [0, 0.1) is 24.0 Å². The molecule has 0 aromatic heterocycles. The van der Waals surface area contributed by atoms with E-state index in [1.54, 1.807) is 50.2 Å². The number of nitrogens with two attached hydrogens (primary N) is 1. The molecule has 4 N–H and O–H groups in total. The van der Waals surface area contributed by atoms with Gasteiger partial charge >= 0.3 is 0 Å². The molecule has 242 valence electrons. The van der Waals surface area contributed by atoms with E-state index < -0.39 is 15.8 Å². The zero-order valence-electron chi connectivity index (χ0n) is 26.9. The van der Waals surface area contributed by atoms with Crippen LogP contribution >= 0.6 is 34.8 Å². The summed E-state index contributed by atoms with van der Waals surface area (Å²) in [6.07, 6.45) is 1.83. The molecular weight excluding hydrogens is 626 g/mol. The molecule has 3 aromatic carbocycles. The molecule has 0 bridgehead atoms. The highest BCUT2D eigenvalue weighted by atomic mass is 35.5. The first-order valence-corrected chi connectivity index (χ1v) is 15.2. The van der Waals surface area contributed by atoms with E-state index in [1.165, 1.54) is 32.0 Å². The third-order valence-electron chi connectivity index (χ3n) is 5.83. The molecule has 0 spiro atoms. The Morgan fingerprint density at radius 1 is 0.841 bits per heavy atom. The minimum absolute atomic E-state index is 0.127. The van der Waals surface area contributed by atoms with E-state index >= 15 is 0 Å². The Balaban J connectivity index is 0.000000467. The summed E-state index contributed by atoms with van der Waals surface area (Å²) < 4.78 is 40.4. The second kappa shape index (κ2) is 16.5. The number of hydrogen-bond acceptors (Lipinski definition) is 3. The Morgan fingerprint density at radius 2 is 1.43 bits per heavy atom. The first-order valence-electron chi connectivity index (χ1n) is 14.1. The topological polar surface area (TPSA) is 50.1 Å². The fourth-order valence-electron chi connectivity index (χ4n) is 3.59. The van der Waals surface area contributed by atoms with Crippen LogP contribution in [0.2, 0.25) is 5.02 Å². The van der Waals surface area contributed by atoms with Crippen LogP contribution < -0.4 is 16.4 Å². The van der Waals surface area contributed by atoms with Crippen molar-refractivity contribution in [2.75, 3.05) is 16.4 Å². The number of aryl methyl sites for hydroxylation is 1. The van der Waals surface area contributed by atoms with Gasteiger partial charge in [0.25, 0.3) is 0 Å². The molecule has 0 unspecified atom stereocenters. The number of alkyl halides is 3. The van der Waals surface area contributed by atoms with E-state index in [0.29, 0.717) is 33.3 Å². The molecule has 3 aromatic rings. The van der Waals surface area contributed by atoms with E-state index in [1.807, 2.05) is 6.92 Å². The Hall–Kier alpha value is -2.80. The van der Waals surface area contributed by atoms with Gasteiger partial charge in [0.1, 0.15) is 21.6 Å². The van der Waals surface area contributed by atoms with Gasteiger partial charge in [-0.25, -0.2) is 13.2 Å². The number of hydrogen-bond donors (Lipinski definition) is 3. The van der Waals surface area contributed by atoms with Crippen LogP contribution in [0.25, 0.3) is 5.70 Å². The summed E-state index contributed by atoms with van der Waals surface area (Å²) >= 11 is 16.7. The van der Waals surface area contributed by atoms with Gasteiger partial charge in [-0.15, -0.1) is 23.2 Å². The van der Waals surface area contributed by atoms with Crippen LogP contribution in [0.4, 0.5) is 30.2 Å². The molecule has 0 fully saturated rings. The van der Waals surface area contributed by atoms with Gasteiger partial charge in [0.2, 0.25) is 0 Å². The average Bonchev–Trinajstić information content (AvgIpc) is 2.85. The summed E-state index contributed by atoms with van der Waals surface area (Å²) in [7, 11) is 0. The lowest BCUT2D eigenvalue weighted by Gasteiger charge is -2.19. The lowest BCUT2D eigenvalue weighted by molar-refractivity contribution is 0.213. The van der Waals surface area contributed by atoms with E-state index in [4.69, 9.17) is 40.5 Å². The van der Waals surface area contributed by atoms with Crippen LogP contribution in [0.1, 0.15) is 78.0 Å². The molecule has 0 radical (unpaired) electrons. The predicted octanol–water partition coefficient (Wildman–Crippen LogP) is 12.4. The van der Waals surface area contributed by atoms with Crippen LogP contribution in [0.3, 0.4) is 0 Å². The highest BCUT2D eigenvalue weighted by Gasteiger charge is 2.22. The lowest BCUT2D eigenvalue weighted by atomic mass is 9.90. The number of anilines is 3. The van der Waals surface area contributed by atoms with Crippen molar-refractivity contribution < 1.29 is 13.2 Å². The van der Waals surface area contributed by atoms with Gasteiger partial charge in [-0.2, -0.15) is 0 Å². The Morgan fingerprint density at radius 3 is 1.93 bits per heavy atom. The van der Waals surface area contributed by atoms with E-state index in [9.17, 15) is 13.2 Å². The summed E-state index contributed by atoms with van der Waals surface area (Å²) in [6, 6.07) is 14.4. The quantitative estimate of drug-likeness (QED) is 0.165. The molecule has 0 amide bonds. The monoisotopic (exact) mass is 669 g/mol. The SMILES string of the molecule is C=C(CCC(C)(C)C)Nc1ccc(C(=C)Nc2cc(N)ccc2Cl)c(F)c1.CC(C)(Cl)Cl.Cc1ccc(F)c(C(C)(C)F)c1. The molecule has 3 rings (SSSR count). The first-order chi connectivity index (χ1) is 20.0. The van der Waals surface area contributed by atoms with Crippen molar-refractivity contribution in [3.05, 3.63) is 107 Å². The molecule has 0 aliphatic rings.